The number of hydrogen-bond donors (Lipinski definition) is 1. The molecule has 0 aliphatic heterocycles. The Labute approximate surface area is 114 Å². The maximum absolute atomic E-state index is 11.9. The van der Waals surface area contributed by atoms with E-state index in [9.17, 15) is 4.79 Å². The Morgan fingerprint density at radius 1 is 1.26 bits per heavy atom. The molecule has 5 heteroatoms. The second-order valence-corrected chi connectivity index (χ2v) is 5.13. The van der Waals surface area contributed by atoms with Crippen LogP contribution < -0.4 is 5.73 Å². The Morgan fingerprint density at radius 3 is 2.42 bits per heavy atom. The summed E-state index contributed by atoms with van der Waals surface area (Å²) in [5.41, 5.74) is 5.89. The highest BCUT2D eigenvalue weighted by Gasteiger charge is 2.22. The van der Waals surface area contributed by atoms with Crippen molar-refractivity contribution >= 4 is 6.09 Å². The van der Waals surface area contributed by atoms with Crippen LogP contribution in [0.3, 0.4) is 0 Å². The Bertz CT molecular complexity index is 387. The first-order chi connectivity index (χ1) is 8.92. The van der Waals surface area contributed by atoms with Gasteiger partial charge in [0, 0.05) is 6.54 Å². The summed E-state index contributed by atoms with van der Waals surface area (Å²) in [5.74, 6) is 0. The molecule has 0 spiro atoms. The van der Waals surface area contributed by atoms with Crippen LogP contribution in [0.4, 0.5) is 4.79 Å². The van der Waals surface area contributed by atoms with E-state index in [4.69, 9.17) is 15.3 Å². The first kappa shape index (κ1) is 15.5. The third-order valence-electron chi connectivity index (χ3n) is 2.16. The summed E-state index contributed by atoms with van der Waals surface area (Å²) < 4.78 is 5.25. The lowest BCUT2D eigenvalue weighted by atomic mass is 10.2. The molecule has 0 fully saturated rings. The van der Waals surface area contributed by atoms with Crippen LogP contribution in [0.5, 0.6) is 0 Å². The summed E-state index contributed by atoms with van der Waals surface area (Å²) in [6.45, 7) is 6.34. The molecule has 5 nitrogen and oxygen atoms in total. The SMILES string of the molecule is CC(C)(C)OC(=O)N(CCN)OCc1ccccc1. The van der Waals surface area contributed by atoms with E-state index in [0.29, 0.717) is 19.7 Å². The van der Waals surface area contributed by atoms with Crippen molar-refractivity contribution in [3.8, 4) is 0 Å². The molecular weight excluding hydrogens is 244 g/mol. The standard InChI is InChI=1S/C14H22N2O3/c1-14(2,3)19-13(17)16(10-9-15)18-11-12-7-5-4-6-8-12/h4-8H,9-11,15H2,1-3H3. The molecule has 0 heterocycles. The van der Waals surface area contributed by atoms with Crippen molar-refractivity contribution < 1.29 is 14.4 Å². The van der Waals surface area contributed by atoms with E-state index < -0.39 is 11.7 Å². The fourth-order valence-electron chi connectivity index (χ4n) is 1.37. The molecule has 1 rings (SSSR count). The van der Waals surface area contributed by atoms with Crippen molar-refractivity contribution in [2.24, 2.45) is 5.73 Å². The lowest BCUT2D eigenvalue weighted by Crippen LogP contribution is -2.39. The molecule has 2 N–H and O–H groups in total. The molecular formula is C14H22N2O3. The number of ether oxygens (including phenoxy) is 1. The van der Waals surface area contributed by atoms with Gasteiger partial charge in [-0.05, 0) is 26.3 Å². The van der Waals surface area contributed by atoms with Crippen LogP contribution in [-0.2, 0) is 16.2 Å². The number of hydroxylamine groups is 2. The highest BCUT2D eigenvalue weighted by atomic mass is 16.7. The van der Waals surface area contributed by atoms with Crippen molar-refractivity contribution in [1.82, 2.24) is 5.06 Å². The summed E-state index contributed by atoms with van der Waals surface area (Å²) in [4.78, 5) is 17.3. The number of benzene rings is 1. The second kappa shape index (κ2) is 7.11. The van der Waals surface area contributed by atoms with E-state index >= 15 is 0 Å². The maximum Gasteiger partial charge on any atom is 0.434 e. The smallest absolute Gasteiger partial charge is 0.434 e. The number of nitrogens with zero attached hydrogens (tertiary/aromatic N) is 1. The van der Waals surface area contributed by atoms with Crippen LogP contribution in [-0.4, -0.2) is 29.8 Å². The van der Waals surface area contributed by atoms with Crippen molar-refractivity contribution in [3.63, 3.8) is 0 Å². The average molecular weight is 266 g/mol. The van der Waals surface area contributed by atoms with Crippen molar-refractivity contribution in [2.75, 3.05) is 13.1 Å². The summed E-state index contributed by atoms with van der Waals surface area (Å²) in [6, 6.07) is 9.61. The minimum Gasteiger partial charge on any atom is -0.442 e. The molecule has 0 aromatic heterocycles. The Kier molecular flexibility index (Phi) is 5.79. The Hall–Kier alpha value is -1.59. The van der Waals surface area contributed by atoms with Gasteiger partial charge >= 0.3 is 6.09 Å². The molecule has 19 heavy (non-hydrogen) atoms. The van der Waals surface area contributed by atoms with Gasteiger partial charge in [-0.2, -0.15) is 5.06 Å². The number of hydrogen-bond acceptors (Lipinski definition) is 4. The van der Waals surface area contributed by atoms with E-state index in [1.165, 1.54) is 0 Å². The average Bonchev–Trinajstić information content (AvgIpc) is 2.33. The molecule has 1 aromatic carbocycles. The number of nitrogens with two attached hydrogens (primary N) is 1. The molecule has 0 saturated heterocycles. The van der Waals surface area contributed by atoms with Crippen molar-refractivity contribution in [2.45, 2.75) is 33.0 Å². The van der Waals surface area contributed by atoms with Gasteiger partial charge in [-0.1, -0.05) is 30.3 Å². The monoisotopic (exact) mass is 266 g/mol. The fourth-order valence-corrected chi connectivity index (χ4v) is 1.37. The quantitative estimate of drug-likeness (QED) is 0.831. The van der Waals surface area contributed by atoms with Gasteiger partial charge in [-0.15, -0.1) is 0 Å². The van der Waals surface area contributed by atoms with Crippen LogP contribution in [0.25, 0.3) is 0 Å². The summed E-state index contributed by atoms with van der Waals surface area (Å²) in [6.07, 6.45) is -0.520. The number of rotatable bonds is 5. The zero-order chi connectivity index (χ0) is 14.3. The van der Waals surface area contributed by atoms with Gasteiger partial charge in [-0.3, -0.25) is 4.84 Å². The highest BCUT2D eigenvalue weighted by Crippen LogP contribution is 2.11. The summed E-state index contributed by atoms with van der Waals surface area (Å²) in [7, 11) is 0. The fraction of sp³-hybridized carbons (Fsp3) is 0.500. The van der Waals surface area contributed by atoms with Gasteiger partial charge in [0.2, 0.25) is 0 Å². The predicted molar refractivity (Wildman–Crippen MR) is 73.2 cm³/mol. The third kappa shape index (κ3) is 6.22. The van der Waals surface area contributed by atoms with Gasteiger partial charge in [0.15, 0.2) is 0 Å². The van der Waals surface area contributed by atoms with Crippen LogP contribution >= 0.6 is 0 Å². The van der Waals surface area contributed by atoms with Crippen LogP contribution in [0.1, 0.15) is 26.3 Å². The van der Waals surface area contributed by atoms with Crippen molar-refractivity contribution in [1.29, 1.82) is 0 Å². The van der Waals surface area contributed by atoms with Crippen LogP contribution in [0.15, 0.2) is 30.3 Å². The first-order valence-electron chi connectivity index (χ1n) is 6.30. The molecule has 1 aromatic rings. The Balaban J connectivity index is 2.55. The molecule has 106 valence electrons. The maximum atomic E-state index is 11.9. The van der Waals surface area contributed by atoms with Gasteiger partial charge in [0.25, 0.3) is 0 Å². The first-order valence-corrected chi connectivity index (χ1v) is 6.30. The molecule has 0 radical (unpaired) electrons. The molecule has 0 bridgehead atoms. The van der Waals surface area contributed by atoms with E-state index in [2.05, 4.69) is 0 Å². The zero-order valence-electron chi connectivity index (χ0n) is 11.8. The summed E-state index contributed by atoms with van der Waals surface area (Å²) >= 11 is 0. The molecule has 0 saturated carbocycles. The normalized spacial score (nSPS) is 11.2. The highest BCUT2D eigenvalue weighted by molar-refractivity contribution is 5.66. The van der Waals surface area contributed by atoms with E-state index in [0.717, 1.165) is 10.6 Å². The van der Waals surface area contributed by atoms with E-state index in [1.807, 2.05) is 51.1 Å². The lowest BCUT2D eigenvalue weighted by Gasteiger charge is -2.26. The number of amides is 1. The van der Waals surface area contributed by atoms with Gasteiger partial charge < -0.3 is 10.5 Å². The van der Waals surface area contributed by atoms with E-state index in [-0.39, 0.29) is 0 Å². The van der Waals surface area contributed by atoms with Crippen LogP contribution in [0, 0.1) is 0 Å². The Morgan fingerprint density at radius 2 is 1.89 bits per heavy atom. The molecule has 0 unspecified atom stereocenters. The summed E-state index contributed by atoms with van der Waals surface area (Å²) in [5, 5.41) is 1.16. The van der Waals surface area contributed by atoms with Gasteiger partial charge in [-0.25, -0.2) is 4.79 Å². The van der Waals surface area contributed by atoms with Crippen LogP contribution in [0.2, 0.25) is 0 Å². The number of carbonyl (C=O) groups excluding carboxylic acids is 1. The largest absolute Gasteiger partial charge is 0.442 e. The molecule has 1 amide bonds. The van der Waals surface area contributed by atoms with Gasteiger partial charge in [0.1, 0.15) is 12.2 Å². The molecule has 0 atom stereocenters. The van der Waals surface area contributed by atoms with Gasteiger partial charge in [0.05, 0.1) is 6.54 Å². The predicted octanol–water partition coefficient (Wildman–Crippen LogP) is 2.31. The lowest BCUT2D eigenvalue weighted by molar-refractivity contribution is -0.154. The minimum absolute atomic E-state index is 0.293. The minimum atomic E-state index is -0.556. The second-order valence-electron chi connectivity index (χ2n) is 5.13. The molecule has 0 aliphatic carbocycles. The zero-order valence-corrected chi connectivity index (χ0v) is 11.8. The van der Waals surface area contributed by atoms with E-state index in [1.54, 1.807) is 0 Å². The molecule has 0 aliphatic rings. The topological polar surface area (TPSA) is 64.8 Å². The third-order valence-corrected chi connectivity index (χ3v) is 2.16. The van der Waals surface area contributed by atoms with Crippen molar-refractivity contribution in [3.05, 3.63) is 35.9 Å². The number of carbonyl (C=O) groups is 1.